The third-order valence-corrected chi connectivity index (χ3v) is 3.72. The first-order chi connectivity index (χ1) is 9.81. The van der Waals surface area contributed by atoms with E-state index in [4.69, 9.17) is 10.2 Å². The number of benzene rings is 1. The number of nitrogen functional groups attached to an aromatic ring is 1. The predicted octanol–water partition coefficient (Wildman–Crippen LogP) is 4.03. The lowest BCUT2D eigenvalue weighted by atomic mass is 10.1. The van der Waals surface area contributed by atoms with Crippen LogP contribution in [0.5, 0.6) is 0 Å². The predicted molar refractivity (Wildman–Crippen MR) is 80.1 cm³/mol. The molecule has 0 amide bonds. The van der Waals surface area contributed by atoms with Gasteiger partial charge in [-0.1, -0.05) is 12.1 Å². The number of nitrogens with one attached hydrogen (secondary N) is 1. The highest BCUT2D eigenvalue weighted by molar-refractivity contribution is 5.97. The number of fused-ring (bicyclic) bond motifs is 1. The van der Waals surface area contributed by atoms with Crippen molar-refractivity contribution in [2.24, 2.45) is 0 Å². The number of hydrogen-bond donors (Lipinski definition) is 2. The molecule has 2 aromatic heterocycles. The average Bonchev–Trinajstić information content (AvgIpc) is 3.26. The molecule has 2 heterocycles. The van der Waals surface area contributed by atoms with Gasteiger partial charge in [0.15, 0.2) is 5.58 Å². The zero-order chi connectivity index (χ0) is 13.5. The summed E-state index contributed by atoms with van der Waals surface area (Å²) in [4.78, 5) is 4.04. The number of nitrogens with zero attached hydrogens (tertiary/aromatic N) is 1. The number of hydrogen-bond acceptors (Lipinski definition) is 4. The van der Waals surface area contributed by atoms with Gasteiger partial charge >= 0.3 is 0 Å². The number of anilines is 3. The van der Waals surface area contributed by atoms with E-state index in [1.807, 2.05) is 12.1 Å². The molecule has 0 radical (unpaired) electrons. The van der Waals surface area contributed by atoms with Gasteiger partial charge in [0, 0.05) is 17.3 Å². The van der Waals surface area contributed by atoms with Gasteiger partial charge < -0.3 is 15.5 Å². The summed E-state index contributed by atoms with van der Waals surface area (Å²) >= 11 is 0. The van der Waals surface area contributed by atoms with Gasteiger partial charge in [-0.3, -0.25) is 4.98 Å². The summed E-state index contributed by atoms with van der Waals surface area (Å²) in [6.45, 7) is 0. The average molecular weight is 265 g/mol. The first kappa shape index (κ1) is 11.3. The Morgan fingerprint density at radius 1 is 1.25 bits per heavy atom. The van der Waals surface area contributed by atoms with Crippen LogP contribution in [0.2, 0.25) is 0 Å². The van der Waals surface area contributed by atoms with Crippen LogP contribution in [-0.4, -0.2) is 4.98 Å². The summed E-state index contributed by atoms with van der Waals surface area (Å²) in [7, 11) is 0. The fourth-order valence-electron chi connectivity index (χ4n) is 2.53. The van der Waals surface area contributed by atoms with Crippen LogP contribution in [0.15, 0.2) is 47.1 Å². The minimum absolute atomic E-state index is 0.393. The maximum absolute atomic E-state index is 5.95. The largest absolute Gasteiger partial charge is 0.437 e. The van der Waals surface area contributed by atoms with Gasteiger partial charge in [-0.2, -0.15) is 0 Å². The summed E-state index contributed by atoms with van der Waals surface area (Å²) in [6, 6.07) is 10.4. The van der Waals surface area contributed by atoms with E-state index in [1.165, 1.54) is 18.4 Å². The fraction of sp³-hybridized carbons (Fsp3) is 0.188. The fourth-order valence-corrected chi connectivity index (χ4v) is 2.53. The zero-order valence-corrected chi connectivity index (χ0v) is 11.0. The Balaban J connectivity index is 1.73. The molecular weight excluding hydrogens is 250 g/mol. The maximum atomic E-state index is 5.95. The Morgan fingerprint density at radius 2 is 2.15 bits per heavy atom. The normalized spacial score (nSPS) is 14.6. The highest BCUT2D eigenvalue weighted by Crippen LogP contribution is 2.41. The Labute approximate surface area is 116 Å². The van der Waals surface area contributed by atoms with Crippen molar-refractivity contribution in [2.45, 2.75) is 18.8 Å². The Kier molecular flexibility index (Phi) is 2.42. The lowest BCUT2D eigenvalue weighted by molar-refractivity contribution is 0.636. The summed E-state index contributed by atoms with van der Waals surface area (Å²) in [6.07, 6.45) is 6.01. The molecule has 3 aromatic rings. The van der Waals surface area contributed by atoms with Gasteiger partial charge in [0.05, 0.1) is 6.20 Å². The molecule has 0 saturated heterocycles. The second-order valence-electron chi connectivity index (χ2n) is 5.24. The van der Waals surface area contributed by atoms with Crippen molar-refractivity contribution in [2.75, 3.05) is 11.1 Å². The highest BCUT2D eigenvalue weighted by atomic mass is 16.3. The number of furan rings is 1. The second-order valence-corrected chi connectivity index (χ2v) is 5.24. The van der Waals surface area contributed by atoms with Crippen molar-refractivity contribution in [1.82, 2.24) is 4.98 Å². The lowest BCUT2D eigenvalue weighted by Crippen LogP contribution is -1.94. The summed E-state index contributed by atoms with van der Waals surface area (Å²) in [5, 5.41) is 4.32. The lowest BCUT2D eigenvalue weighted by Gasteiger charge is -2.07. The van der Waals surface area contributed by atoms with Crippen LogP contribution < -0.4 is 11.1 Å². The number of aromatic nitrogens is 1. The molecule has 0 unspecified atom stereocenters. The topological polar surface area (TPSA) is 64.1 Å². The Bertz CT molecular complexity index is 774. The molecule has 1 fully saturated rings. The molecule has 0 bridgehead atoms. The smallest absolute Gasteiger partial charge is 0.215 e. The van der Waals surface area contributed by atoms with Crippen LogP contribution >= 0.6 is 0 Å². The Morgan fingerprint density at radius 3 is 3.00 bits per heavy atom. The van der Waals surface area contributed by atoms with Crippen molar-refractivity contribution in [1.29, 1.82) is 0 Å². The van der Waals surface area contributed by atoms with Gasteiger partial charge in [0.25, 0.3) is 0 Å². The van der Waals surface area contributed by atoms with Crippen LogP contribution in [0, 0.1) is 0 Å². The minimum Gasteiger partial charge on any atom is -0.437 e. The summed E-state index contributed by atoms with van der Waals surface area (Å²) < 4.78 is 5.51. The molecule has 4 nitrogen and oxygen atoms in total. The molecular formula is C16H15N3O. The van der Waals surface area contributed by atoms with Crippen LogP contribution in [0.25, 0.3) is 11.0 Å². The number of rotatable bonds is 3. The second kappa shape index (κ2) is 4.27. The molecule has 1 saturated carbocycles. The molecule has 4 heteroatoms. The molecule has 20 heavy (non-hydrogen) atoms. The van der Waals surface area contributed by atoms with E-state index in [9.17, 15) is 0 Å². The molecule has 3 N–H and O–H groups in total. The highest BCUT2D eigenvalue weighted by Gasteiger charge is 2.23. The maximum Gasteiger partial charge on any atom is 0.215 e. The van der Waals surface area contributed by atoms with Crippen molar-refractivity contribution >= 4 is 28.2 Å². The van der Waals surface area contributed by atoms with Crippen molar-refractivity contribution in [3.8, 4) is 0 Å². The van der Waals surface area contributed by atoms with E-state index in [0.29, 0.717) is 11.5 Å². The molecule has 0 atom stereocenters. The summed E-state index contributed by atoms with van der Waals surface area (Å²) in [5.41, 5.74) is 9.90. The SMILES string of the molecule is Nc1oc2cnccc2c1Nc1cccc(C2CC2)c1. The third-order valence-electron chi connectivity index (χ3n) is 3.72. The molecule has 4 rings (SSSR count). The van der Waals surface area contributed by atoms with E-state index < -0.39 is 0 Å². The molecule has 1 aliphatic carbocycles. The molecule has 1 aromatic carbocycles. The standard InChI is InChI=1S/C16H15N3O/c17-16-15(13-6-7-18-9-14(13)20-16)19-12-3-1-2-11(8-12)10-4-5-10/h1-3,6-10,19H,4-5,17H2. The first-order valence-electron chi connectivity index (χ1n) is 6.80. The van der Waals surface area contributed by atoms with Gasteiger partial charge in [0.2, 0.25) is 5.88 Å². The van der Waals surface area contributed by atoms with Gasteiger partial charge in [-0.05, 0) is 42.5 Å². The number of nitrogens with two attached hydrogens (primary N) is 1. The van der Waals surface area contributed by atoms with E-state index in [2.05, 4.69) is 28.5 Å². The van der Waals surface area contributed by atoms with Crippen molar-refractivity contribution in [3.63, 3.8) is 0 Å². The van der Waals surface area contributed by atoms with E-state index in [1.54, 1.807) is 12.4 Å². The summed E-state index contributed by atoms with van der Waals surface area (Å²) in [5.74, 6) is 1.13. The van der Waals surface area contributed by atoms with Crippen molar-refractivity contribution < 1.29 is 4.42 Å². The van der Waals surface area contributed by atoms with Gasteiger partial charge in [0.1, 0.15) is 5.69 Å². The van der Waals surface area contributed by atoms with Crippen LogP contribution in [0.1, 0.15) is 24.3 Å². The van der Waals surface area contributed by atoms with E-state index >= 15 is 0 Å². The molecule has 0 spiro atoms. The monoisotopic (exact) mass is 265 g/mol. The van der Waals surface area contributed by atoms with Gasteiger partial charge in [-0.15, -0.1) is 0 Å². The van der Waals surface area contributed by atoms with Crippen LogP contribution in [-0.2, 0) is 0 Å². The van der Waals surface area contributed by atoms with E-state index in [0.717, 1.165) is 22.7 Å². The molecule has 1 aliphatic rings. The first-order valence-corrected chi connectivity index (χ1v) is 6.80. The van der Waals surface area contributed by atoms with Crippen molar-refractivity contribution in [3.05, 3.63) is 48.3 Å². The Hall–Kier alpha value is -2.49. The van der Waals surface area contributed by atoms with Crippen LogP contribution in [0.4, 0.5) is 17.3 Å². The molecule has 100 valence electrons. The number of pyridine rings is 1. The quantitative estimate of drug-likeness (QED) is 0.750. The zero-order valence-electron chi connectivity index (χ0n) is 11.0. The van der Waals surface area contributed by atoms with Gasteiger partial charge in [-0.25, -0.2) is 0 Å². The minimum atomic E-state index is 0.393. The van der Waals surface area contributed by atoms with Crippen LogP contribution in [0.3, 0.4) is 0 Å². The van der Waals surface area contributed by atoms with E-state index in [-0.39, 0.29) is 0 Å². The molecule has 0 aliphatic heterocycles. The third kappa shape index (κ3) is 1.90.